The van der Waals surface area contributed by atoms with Crippen molar-refractivity contribution in [3.63, 3.8) is 0 Å². The minimum absolute atomic E-state index is 0.109. The third-order valence-electron chi connectivity index (χ3n) is 3.05. The minimum Gasteiger partial charge on any atom is -0.376 e. The number of nitrogens with two attached hydrogens (primary N) is 1. The first-order chi connectivity index (χ1) is 10.1. The second kappa shape index (κ2) is 6.56. The smallest absolute Gasteiger partial charge is 0.250 e. The first-order valence-corrected chi connectivity index (χ1v) is 6.56. The number of rotatable bonds is 5. The molecule has 21 heavy (non-hydrogen) atoms. The van der Waals surface area contributed by atoms with E-state index in [1.165, 1.54) is 0 Å². The van der Waals surface area contributed by atoms with Crippen LogP contribution in [0.15, 0.2) is 48.5 Å². The molecule has 4 N–H and O–H groups in total. The van der Waals surface area contributed by atoms with Crippen molar-refractivity contribution in [2.45, 2.75) is 6.92 Å². The fourth-order valence-corrected chi connectivity index (χ4v) is 1.95. The van der Waals surface area contributed by atoms with Gasteiger partial charge in [-0.3, -0.25) is 9.59 Å². The Morgan fingerprint density at radius 3 is 2.29 bits per heavy atom. The molecule has 0 fully saturated rings. The molecule has 0 unspecified atom stereocenters. The number of amides is 2. The van der Waals surface area contributed by atoms with Crippen LogP contribution in [0.2, 0.25) is 0 Å². The molecule has 0 aliphatic heterocycles. The second-order valence-electron chi connectivity index (χ2n) is 4.63. The van der Waals surface area contributed by atoms with Gasteiger partial charge in [0, 0.05) is 5.69 Å². The zero-order valence-corrected chi connectivity index (χ0v) is 11.7. The van der Waals surface area contributed by atoms with Crippen LogP contribution in [0, 0.1) is 6.92 Å². The minimum atomic E-state index is -0.572. The van der Waals surface area contributed by atoms with Crippen LogP contribution in [-0.2, 0) is 4.79 Å². The molecule has 108 valence electrons. The predicted octanol–water partition coefficient (Wildman–Crippen LogP) is 2.14. The number of hydrogen-bond acceptors (Lipinski definition) is 3. The van der Waals surface area contributed by atoms with Crippen molar-refractivity contribution in [2.75, 3.05) is 17.2 Å². The lowest BCUT2D eigenvalue weighted by molar-refractivity contribution is -0.114. The van der Waals surface area contributed by atoms with E-state index in [4.69, 9.17) is 5.73 Å². The van der Waals surface area contributed by atoms with E-state index < -0.39 is 5.91 Å². The summed E-state index contributed by atoms with van der Waals surface area (Å²) in [5.41, 5.74) is 7.94. The van der Waals surface area contributed by atoms with Gasteiger partial charge in [-0.05, 0) is 30.7 Å². The summed E-state index contributed by atoms with van der Waals surface area (Å²) in [6.45, 7) is 2.07. The molecule has 5 heteroatoms. The topological polar surface area (TPSA) is 84.2 Å². The van der Waals surface area contributed by atoms with Gasteiger partial charge < -0.3 is 16.4 Å². The summed E-state index contributed by atoms with van der Waals surface area (Å²) in [6, 6.07) is 14.3. The van der Waals surface area contributed by atoms with Crippen LogP contribution in [0.3, 0.4) is 0 Å². The van der Waals surface area contributed by atoms with Crippen LogP contribution >= 0.6 is 0 Å². The predicted molar refractivity (Wildman–Crippen MR) is 83.3 cm³/mol. The SMILES string of the molecule is Cc1ccccc1NCC(=O)Nc1ccccc1C(N)=O. The number of aryl methyl sites for hydroxylation is 1. The van der Waals surface area contributed by atoms with Gasteiger partial charge in [0.15, 0.2) is 0 Å². The largest absolute Gasteiger partial charge is 0.376 e. The standard InChI is InChI=1S/C16H17N3O2/c1-11-6-2-4-8-13(11)18-10-15(20)19-14-9-5-3-7-12(14)16(17)21/h2-9,18H,10H2,1H3,(H2,17,21)(H,19,20). The van der Waals surface area contributed by atoms with E-state index in [2.05, 4.69) is 10.6 Å². The molecule has 0 aliphatic rings. The van der Waals surface area contributed by atoms with Crippen LogP contribution in [-0.4, -0.2) is 18.4 Å². The van der Waals surface area contributed by atoms with Crippen LogP contribution in [0.5, 0.6) is 0 Å². The quantitative estimate of drug-likeness (QED) is 0.786. The van der Waals surface area contributed by atoms with Crippen molar-refractivity contribution in [1.29, 1.82) is 0 Å². The molecule has 0 bridgehead atoms. The Morgan fingerprint density at radius 2 is 1.62 bits per heavy atom. The Kier molecular flexibility index (Phi) is 4.56. The first-order valence-electron chi connectivity index (χ1n) is 6.56. The van der Waals surface area contributed by atoms with Gasteiger partial charge in [0.05, 0.1) is 17.8 Å². The lowest BCUT2D eigenvalue weighted by atomic mass is 10.1. The third kappa shape index (κ3) is 3.82. The van der Waals surface area contributed by atoms with Gasteiger partial charge in [-0.15, -0.1) is 0 Å². The maximum absolute atomic E-state index is 11.9. The van der Waals surface area contributed by atoms with Gasteiger partial charge in [-0.25, -0.2) is 0 Å². The van der Waals surface area contributed by atoms with Gasteiger partial charge >= 0.3 is 0 Å². The monoisotopic (exact) mass is 283 g/mol. The number of carbonyl (C=O) groups is 2. The van der Waals surface area contributed by atoms with E-state index in [-0.39, 0.29) is 12.5 Å². The zero-order valence-electron chi connectivity index (χ0n) is 11.7. The fourth-order valence-electron chi connectivity index (χ4n) is 1.95. The van der Waals surface area contributed by atoms with E-state index in [1.54, 1.807) is 24.3 Å². The van der Waals surface area contributed by atoms with Crippen molar-refractivity contribution in [3.05, 3.63) is 59.7 Å². The molecule has 5 nitrogen and oxygen atoms in total. The summed E-state index contributed by atoms with van der Waals surface area (Å²) in [5, 5.41) is 5.73. The molecular weight excluding hydrogens is 266 g/mol. The summed E-state index contributed by atoms with van der Waals surface area (Å²) in [5.74, 6) is -0.815. The van der Waals surface area contributed by atoms with Gasteiger partial charge in [0.25, 0.3) is 5.91 Å². The summed E-state index contributed by atoms with van der Waals surface area (Å²) >= 11 is 0. The Hall–Kier alpha value is -2.82. The molecule has 0 heterocycles. The maximum Gasteiger partial charge on any atom is 0.250 e. The Balaban J connectivity index is 2.00. The molecule has 0 atom stereocenters. The molecule has 0 aromatic heterocycles. The highest BCUT2D eigenvalue weighted by molar-refractivity contribution is 6.03. The van der Waals surface area contributed by atoms with E-state index in [9.17, 15) is 9.59 Å². The molecule has 0 saturated heterocycles. The van der Waals surface area contributed by atoms with E-state index >= 15 is 0 Å². The van der Waals surface area contributed by atoms with Crippen LogP contribution in [0.25, 0.3) is 0 Å². The lowest BCUT2D eigenvalue weighted by Crippen LogP contribution is -2.24. The van der Waals surface area contributed by atoms with Crippen molar-refractivity contribution in [1.82, 2.24) is 0 Å². The number of carbonyl (C=O) groups excluding carboxylic acids is 2. The molecular formula is C16H17N3O2. The molecule has 2 amide bonds. The highest BCUT2D eigenvalue weighted by Crippen LogP contribution is 2.15. The summed E-state index contributed by atoms with van der Waals surface area (Å²) in [4.78, 5) is 23.2. The number of anilines is 2. The molecule has 0 saturated carbocycles. The molecule has 2 aromatic carbocycles. The number of benzene rings is 2. The zero-order chi connectivity index (χ0) is 15.2. The maximum atomic E-state index is 11.9. The average molecular weight is 283 g/mol. The van der Waals surface area contributed by atoms with E-state index in [0.717, 1.165) is 11.3 Å². The van der Waals surface area contributed by atoms with Crippen LogP contribution in [0.1, 0.15) is 15.9 Å². The molecule has 2 aromatic rings. The highest BCUT2D eigenvalue weighted by atomic mass is 16.2. The summed E-state index contributed by atoms with van der Waals surface area (Å²) < 4.78 is 0. The Bertz CT molecular complexity index is 668. The molecule has 0 radical (unpaired) electrons. The van der Waals surface area contributed by atoms with Crippen LogP contribution in [0.4, 0.5) is 11.4 Å². The van der Waals surface area contributed by atoms with Gasteiger partial charge in [-0.2, -0.15) is 0 Å². The van der Waals surface area contributed by atoms with Crippen molar-refractivity contribution < 1.29 is 9.59 Å². The number of primary amides is 1. The number of hydrogen-bond donors (Lipinski definition) is 3. The average Bonchev–Trinajstić information content (AvgIpc) is 2.47. The van der Waals surface area contributed by atoms with Gasteiger partial charge in [0.1, 0.15) is 0 Å². The normalized spacial score (nSPS) is 9.95. The van der Waals surface area contributed by atoms with Gasteiger partial charge in [0.2, 0.25) is 5.91 Å². The summed E-state index contributed by atoms with van der Waals surface area (Å²) in [6.07, 6.45) is 0. The fraction of sp³-hybridized carbons (Fsp3) is 0.125. The lowest BCUT2D eigenvalue weighted by Gasteiger charge is -2.11. The molecule has 2 rings (SSSR count). The molecule has 0 aliphatic carbocycles. The highest BCUT2D eigenvalue weighted by Gasteiger charge is 2.10. The Labute approximate surface area is 123 Å². The number of para-hydroxylation sites is 2. The van der Waals surface area contributed by atoms with E-state index in [1.807, 2.05) is 31.2 Å². The summed E-state index contributed by atoms with van der Waals surface area (Å²) in [7, 11) is 0. The van der Waals surface area contributed by atoms with Crippen molar-refractivity contribution in [3.8, 4) is 0 Å². The number of nitrogens with one attached hydrogen (secondary N) is 2. The first kappa shape index (κ1) is 14.6. The van der Waals surface area contributed by atoms with E-state index in [0.29, 0.717) is 11.3 Å². The van der Waals surface area contributed by atoms with Crippen LogP contribution < -0.4 is 16.4 Å². The van der Waals surface area contributed by atoms with Crippen molar-refractivity contribution in [2.24, 2.45) is 5.73 Å². The van der Waals surface area contributed by atoms with Crippen molar-refractivity contribution >= 4 is 23.2 Å². The van der Waals surface area contributed by atoms with Gasteiger partial charge in [-0.1, -0.05) is 30.3 Å². The molecule has 0 spiro atoms. The second-order valence-corrected chi connectivity index (χ2v) is 4.63. The third-order valence-corrected chi connectivity index (χ3v) is 3.05. The Morgan fingerprint density at radius 1 is 1.00 bits per heavy atom.